The topological polar surface area (TPSA) is 46.6 Å². The van der Waals surface area contributed by atoms with Crippen molar-refractivity contribution in [2.45, 2.75) is 69.0 Å². The van der Waals surface area contributed by atoms with Gasteiger partial charge in [-0.05, 0) is 28.7 Å². The summed E-state index contributed by atoms with van der Waals surface area (Å²) in [6, 6.07) is 31.6. The van der Waals surface area contributed by atoms with Gasteiger partial charge in [0, 0.05) is 6.92 Å². The summed E-state index contributed by atoms with van der Waals surface area (Å²) in [5.41, 5.74) is 3.45. The Kier molecular flexibility index (Phi) is 7.96. The highest BCUT2D eigenvalue weighted by Gasteiger charge is 2.61. The van der Waals surface area contributed by atoms with E-state index in [1.165, 1.54) is 6.92 Å². The maximum Gasteiger partial charge on any atom is 0.302 e. The molecular formula is C32H39NO3SSi. The first-order valence-electron chi connectivity index (χ1n) is 13.3. The summed E-state index contributed by atoms with van der Waals surface area (Å²) in [6.45, 7) is 14.5. The lowest BCUT2D eigenvalue weighted by Crippen LogP contribution is -2.74. The summed E-state index contributed by atoms with van der Waals surface area (Å²) in [4.78, 5) is 25.9. The Bertz CT molecular complexity index is 1160. The first-order valence-corrected chi connectivity index (χ1v) is 17.1. The van der Waals surface area contributed by atoms with E-state index in [-0.39, 0.29) is 22.3 Å². The van der Waals surface area contributed by atoms with Crippen LogP contribution in [0, 0.1) is 5.92 Å². The number of β-lactam (4-membered cyclic amide) rings is 1. The quantitative estimate of drug-likeness (QED) is 0.128. The zero-order valence-corrected chi connectivity index (χ0v) is 25.3. The van der Waals surface area contributed by atoms with Crippen molar-refractivity contribution >= 4 is 31.9 Å². The molecular weight excluding hydrogens is 507 g/mol. The van der Waals surface area contributed by atoms with E-state index in [1.807, 2.05) is 25.1 Å². The van der Waals surface area contributed by atoms with Crippen LogP contribution in [0.3, 0.4) is 0 Å². The van der Waals surface area contributed by atoms with E-state index in [4.69, 9.17) is 4.74 Å². The van der Waals surface area contributed by atoms with Crippen LogP contribution in [0.25, 0.3) is 0 Å². The average molecular weight is 546 g/mol. The van der Waals surface area contributed by atoms with Gasteiger partial charge in [0.15, 0.2) is 8.24 Å². The highest BCUT2D eigenvalue weighted by Crippen LogP contribution is 2.57. The Balaban J connectivity index is 1.95. The molecule has 6 heteroatoms. The third-order valence-electron chi connectivity index (χ3n) is 8.22. The molecule has 0 spiro atoms. The number of nitrogens with zero attached hydrogens (tertiary/aromatic N) is 1. The number of carbonyl (C=O) groups is 2. The number of thioether (sulfide) groups is 1. The third-order valence-corrected chi connectivity index (χ3v) is 15.6. The van der Waals surface area contributed by atoms with E-state index in [0.717, 1.165) is 16.7 Å². The molecule has 1 fully saturated rings. The number of benzene rings is 3. The van der Waals surface area contributed by atoms with Crippen molar-refractivity contribution < 1.29 is 14.3 Å². The molecule has 3 atom stereocenters. The number of ether oxygens (including phenoxy) is 1. The minimum absolute atomic E-state index is 0.0357. The first kappa shape index (κ1) is 28.2. The van der Waals surface area contributed by atoms with Crippen molar-refractivity contribution in [1.82, 2.24) is 4.57 Å². The van der Waals surface area contributed by atoms with Gasteiger partial charge in [-0.1, -0.05) is 125 Å². The summed E-state index contributed by atoms with van der Waals surface area (Å²) < 4.78 is 7.24. The van der Waals surface area contributed by atoms with E-state index < -0.39 is 25.0 Å². The van der Waals surface area contributed by atoms with Gasteiger partial charge in [-0.3, -0.25) is 9.59 Å². The summed E-state index contributed by atoms with van der Waals surface area (Å²) >= 11 is 1.81. The van der Waals surface area contributed by atoms with Crippen molar-refractivity contribution in [3.05, 3.63) is 108 Å². The van der Waals surface area contributed by atoms with Crippen molar-refractivity contribution in [3.63, 3.8) is 0 Å². The summed E-state index contributed by atoms with van der Waals surface area (Å²) in [5.74, 6) is -0.695. The highest BCUT2D eigenvalue weighted by molar-refractivity contribution is 8.01. The molecule has 0 radical (unpaired) electrons. The molecule has 0 saturated carbocycles. The van der Waals surface area contributed by atoms with E-state index in [0.29, 0.717) is 0 Å². The fraction of sp³-hybridized carbons (Fsp3) is 0.375. The van der Waals surface area contributed by atoms with Gasteiger partial charge >= 0.3 is 5.97 Å². The number of amides is 1. The van der Waals surface area contributed by atoms with Crippen molar-refractivity contribution in [3.8, 4) is 0 Å². The lowest BCUT2D eigenvalue weighted by Gasteiger charge is -2.60. The second kappa shape index (κ2) is 10.7. The second-order valence-electron chi connectivity index (χ2n) is 11.6. The van der Waals surface area contributed by atoms with Gasteiger partial charge in [0.2, 0.25) is 5.91 Å². The summed E-state index contributed by atoms with van der Waals surface area (Å²) in [6.07, 6.45) is -0.515. The van der Waals surface area contributed by atoms with Gasteiger partial charge in [-0.15, -0.1) is 11.8 Å². The smallest absolute Gasteiger partial charge is 0.302 e. The molecule has 0 N–H and O–H groups in total. The van der Waals surface area contributed by atoms with Crippen LogP contribution in [0.5, 0.6) is 0 Å². The van der Waals surface area contributed by atoms with Gasteiger partial charge in [0.25, 0.3) is 0 Å². The third kappa shape index (κ3) is 4.96. The Morgan fingerprint density at radius 2 is 1.24 bits per heavy atom. The van der Waals surface area contributed by atoms with Gasteiger partial charge in [0.1, 0.15) is 12.0 Å². The fourth-order valence-electron chi connectivity index (χ4n) is 5.24. The largest absolute Gasteiger partial charge is 0.462 e. The Hall–Kier alpha value is -2.83. The molecule has 0 bridgehead atoms. The molecule has 0 aromatic heterocycles. The number of esters is 1. The zero-order valence-electron chi connectivity index (χ0n) is 23.5. The van der Waals surface area contributed by atoms with Crippen LogP contribution in [0.15, 0.2) is 91.0 Å². The highest BCUT2D eigenvalue weighted by atomic mass is 32.2. The van der Waals surface area contributed by atoms with E-state index in [2.05, 4.69) is 111 Å². The number of hydrogen-bond acceptors (Lipinski definition) is 4. The van der Waals surface area contributed by atoms with Crippen molar-refractivity contribution in [2.75, 3.05) is 0 Å². The fourth-order valence-corrected chi connectivity index (χ4v) is 10.3. The summed E-state index contributed by atoms with van der Waals surface area (Å²) in [7, 11) is -2.26. The van der Waals surface area contributed by atoms with Gasteiger partial charge in [-0.25, -0.2) is 0 Å². The standard InChI is InChI=1S/C32H39NO3SSi/c1-23(36-24(2)34)28-29(35)33(38(6,7)31(3,4)5)30(28)37-32(25-17-11-8-12-18-25,26-19-13-9-14-20-26)27-21-15-10-16-22-27/h8-23,28,30H,1-7H3. The lowest BCUT2D eigenvalue weighted by atomic mass is 9.84. The monoisotopic (exact) mass is 545 g/mol. The SMILES string of the molecule is CC(=O)OC(C)C1C(=O)N([Si](C)(C)C(C)(C)C)C1SC(c1ccccc1)(c1ccccc1)c1ccccc1. The first-order chi connectivity index (χ1) is 17.9. The van der Waals surface area contributed by atoms with Crippen molar-refractivity contribution in [1.29, 1.82) is 0 Å². The molecule has 3 unspecified atom stereocenters. The maximum atomic E-state index is 13.9. The number of carbonyl (C=O) groups excluding carboxylic acids is 2. The molecule has 1 heterocycles. The zero-order chi connectivity index (χ0) is 27.7. The second-order valence-corrected chi connectivity index (χ2v) is 18.1. The van der Waals surface area contributed by atoms with E-state index in [9.17, 15) is 9.59 Å². The average Bonchev–Trinajstić information content (AvgIpc) is 2.87. The lowest BCUT2D eigenvalue weighted by molar-refractivity contribution is -0.160. The molecule has 1 saturated heterocycles. The van der Waals surface area contributed by atoms with Gasteiger partial charge in [0.05, 0.1) is 10.1 Å². The van der Waals surface area contributed by atoms with Gasteiger partial charge < -0.3 is 9.30 Å². The Labute approximate surface area is 232 Å². The molecule has 0 aliphatic carbocycles. The van der Waals surface area contributed by atoms with Crippen LogP contribution >= 0.6 is 11.8 Å². The molecule has 4 nitrogen and oxygen atoms in total. The molecule has 4 rings (SSSR count). The van der Waals surface area contributed by atoms with Crippen LogP contribution in [-0.2, 0) is 19.1 Å². The predicted octanol–water partition coefficient (Wildman–Crippen LogP) is 7.45. The number of hydrogen-bond donors (Lipinski definition) is 0. The Morgan fingerprint density at radius 3 is 1.58 bits per heavy atom. The van der Waals surface area contributed by atoms with Gasteiger partial charge in [-0.2, -0.15) is 0 Å². The van der Waals surface area contributed by atoms with Crippen LogP contribution in [0.2, 0.25) is 18.1 Å². The van der Waals surface area contributed by atoms with Crippen LogP contribution in [-0.4, -0.2) is 36.2 Å². The Morgan fingerprint density at radius 1 is 0.842 bits per heavy atom. The molecule has 38 heavy (non-hydrogen) atoms. The molecule has 200 valence electrons. The molecule has 3 aromatic rings. The van der Waals surface area contributed by atoms with Crippen LogP contribution in [0.4, 0.5) is 0 Å². The van der Waals surface area contributed by atoms with Crippen LogP contribution < -0.4 is 0 Å². The number of rotatable bonds is 8. The minimum atomic E-state index is -2.26. The normalized spacial score (nSPS) is 19.0. The minimum Gasteiger partial charge on any atom is -0.462 e. The molecule has 1 aliphatic heterocycles. The molecule has 3 aromatic carbocycles. The van der Waals surface area contributed by atoms with Crippen LogP contribution in [0.1, 0.15) is 51.3 Å². The maximum absolute atomic E-state index is 13.9. The van der Waals surface area contributed by atoms with E-state index in [1.54, 1.807) is 11.8 Å². The summed E-state index contributed by atoms with van der Waals surface area (Å²) in [5, 5.41) is -0.204. The molecule has 1 aliphatic rings. The van der Waals surface area contributed by atoms with Crippen molar-refractivity contribution in [2.24, 2.45) is 5.92 Å². The molecule has 1 amide bonds. The predicted molar refractivity (Wildman–Crippen MR) is 159 cm³/mol. The van der Waals surface area contributed by atoms with E-state index >= 15 is 0 Å².